The van der Waals surface area contributed by atoms with Crippen molar-refractivity contribution < 1.29 is 28.5 Å². The molecular weight excluding hydrogens is 387 g/mol. The van der Waals surface area contributed by atoms with Gasteiger partial charge in [-0.15, -0.1) is 0 Å². The first-order valence-electron chi connectivity index (χ1n) is 9.56. The summed E-state index contributed by atoms with van der Waals surface area (Å²) in [5.74, 6) is -0.604. The monoisotopic (exact) mass is 408 g/mol. The van der Waals surface area contributed by atoms with Crippen LogP contribution in [0.1, 0.15) is 11.1 Å². The van der Waals surface area contributed by atoms with E-state index in [1.807, 2.05) is 54.6 Å². The average molecular weight is 408 g/mol. The van der Waals surface area contributed by atoms with E-state index in [0.29, 0.717) is 31.1 Å². The third-order valence-corrected chi connectivity index (χ3v) is 5.04. The molecule has 30 heavy (non-hydrogen) atoms. The summed E-state index contributed by atoms with van der Waals surface area (Å²) in [6.45, 7) is 0.609. The number of ether oxygens (including phenoxy) is 3. The van der Waals surface area contributed by atoms with Gasteiger partial charge in [0, 0.05) is 5.56 Å². The van der Waals surface area contributed by atoms with Crippen molar-refractivity contribution in [2.24, 2.45) is 0 Å². The molecule has 0 aliphatic carbocycles. The highest BCUT2D eigenvalue weighted by Crippen LogP contribution is 2.34. The maximum atomic E-state index is 14.0. The summed E-state index contributed by atoms with van der Waals surface area (Å²) in [5.41, 5.74) is 2.41. The maximum absolute atomic E-state index is 14.0. The molecular formula is C24H21FO5. The van der Waals surface area contributed by atoms with Gasteiger partial charge in [0.15, 0.2) is 0 Å². The van der Waals surface area contributed by atoms with Gasteiger partial charge in [-0.05, 0) is 41.0 Å². The van der Waals surface area contributed by atoms with Crippen LogP contribution in [0.25, 0.3) is 11.1 Å². The van der Waals surface area contributed by atoms with E-state index in [4.69, 9.17) is 19.3 Å². The number of carboxylic acids is 1. The smallest absolute Gasteiger partial charge is 0.329 e. The number of rotatable bonds is 8. The fraction of sp³-hybridized carbons (Fsp3) is 0.208. The highest BCUT2D eigenvalue weighted by molar-refractivity contribution is 5.68. The highest BCUT2D eigenvalue weighted by Gasteiger charge is 2.42. The Kier molecular flexibility index (Phi) is 5.79. The number of carbonyl (C=O) groups is 1. The molecule has 0 amide bonds. The largest absolute Gasteiger partial charge is 0.489 e. The van der Waals surface area contributed by atoms with E-state index in [1.165, 1.54) is 6.07 Å². The van der Waals surface area contributed by atoms with Crippen molar-refractivity contribution in [3.05, 3.63) is 89.7 Å². The summed E-state index contributed by atoms with van der Waals surface area (Å²) in [4.78, 5) is 10.8. The molecule has 0 bridgehead atoms. The molecule has 0 spiro atoms. The lowest BCUT2D eigenvalue weighted by Crippen LogP contribution is -2.49. The Morgan fingerprint density at radius 2 is 1.80 bits per heavy atom. The van der Waals surface area contributed by atoms with Crippen molar-refractivity contribution in [3.8, 4) is 16.9 Å². The number of aliphatic carboxylic acids is 1. The lowest BCUT2D eigenvalue weighted by atomic mass is 9.91. The SMILES string of the molecule is O=C(O)COC1(c2ccc(OCc3cccc(-c4ccccc4F)c3)cc2)COC1. The first-order chi connectivity index (χ1) is 14.6. The summed E-state index contributed by atoms with van der Waals surface area (Å²) in [7, 11) is 0. The van der Waals surface area contributed by atoms with Crippen LogP contribution in [0.5, 0.6) is 5.75 Å². The summed E-state index contributed by atoms with van der Waals surface area (Å²) >= 11 is 0. The summed E-state index contributed by atoms with van der Waals surface area (Å²) in [6, 6.07) is 21.6. The Labute approximate surface area is 173 Å². The summed E-state index contributed by atoms with van der Waals surface area (Å²) in [6.07, 6.45) is 0. The minimum Gasteiger partial charge on any atom is -0.489 e. The molecule has 1 fully saturated rings. The van der Waals surface area contributed by atoms with Gasteiger partial charge in [-0.2, -0.15) is 0 Å². The molecule has 4 rings (SSSR count). The lowest BCUT2D eigenvalue weighted by Gasteiger charge is -2.41. The molecule has 0 aromatic heterocycles. The minimum absolute atomic E-state index is 0.259. The van der Waals surface area contributed by atoms with Gasteiger partial charge in [-0.25, -0.2) is 9.18 Å². The van der Waals surface area contributed by atoms with Crippen LogP contribution in [0.15, 0.2) is 72.8 Å². The molecule has 0 saturated carbocycles. The molecule has 0 unspecified atom stereocenters. The minimum atomic E-state index is -1.01. The molecule has 0 atom stereocenters. The van der Waals surface area contributed by atoms with Crippen molar-refractivity contribution in [3.63, 3.8) is 0 Å². The number of hydrogen-bond acceptors (Lipinski definition) is 4. The number of hydrogen-bond donors (Lipinski definition) is 1. The van der Waals surface area contributed by atoms with E-state index in [9.17, 15) is 9.18 Å². The van der Waals surface area contributed by atoms with Gasteiger partial charge in [0.2, 0.25) is 0 Å². The van der Waals surface area contributed by atoms with Gasteiger partial charge < -0.3 is 19.3 Å². The number of benzene rings is 3. The zero-order chi connectivity index (χ0) is 21.0. The molecule has 1 aliphatic rings. The molecule has 154 valence electrons. The number of carboxylic acid groups (broad SMARTS) is 1. The number of halogens is 1. The van der Waals surface area contributed by atoms with Crippen LogP contribution >= 0.6 is 0 Å². The summed E-state index contributed by atoms with van der Waals surface area (Å²) < 4.78 is 30.7. The maximum Gasteiger partial charge on any atom is 0.329 e. The quantitative estimate of drug-likeness (QED) is 0.599. The lowest BCUT2D eigenvalue weighted by molar-refractivity contribution is -0.220. The van der Waals surface area contributed by atoms with Gasteiger partial charge in [0.25, 0.3) is 0 Å². The van der Waals surface area contributed by atoms with Crippen LogP contribution in [0.3, 0.4) is 0 Å². The highest BCUT2D eigenvalue weighted by atomic mass is 19.1. The van der Waals surface area contributed by atoms with Crippen LogP contribution in [0, 0.1) is 5.82 Å². The van der Waals surface area contributed by atoms with Gasteiger partial charge >= 0.3 is 5.97 Å². The Bertz CT molecular complexity index is 1030. The Morgan fingerprint density at radius 1 is 1.03 bits per heavy atom. The van der Waals surface area contributed by atoms with E-state index in [1.54, 1.807) is 12.1 Å². The predicted octanol–water partition coefficient (Wildman–Crippen LogP) is 4.40. The molecule has 0 radical (unpaired) electrons. The summed E-state index contributed by atoms with van der Waals surface area (Å²) in [5, 5.41) is 8.87. The van der Waals surface area contributed by atoms with Gasteiger partial charge in [-0.3, -0.25) is 0 Å². The Balaban J connectivity index is 1.42. The molecule has 1 saturated heterocycles. The molecule has 5 nitrogen and oxygen atoms in total. The zero-order valence-corrected chi connectivity index (χ0v) is 16.2. The topological polar surface area (TPSA) is 65.0 Å². The van der Waals surface area contributed by atoms with Crippen LogP contribution in [0.2, 0.25) is 0 Å². The van der Waals surface area contributed by atoms with Crippen molar-refractivity contribution in [1.29, 1.82) is 0 Å². The molecule has 3 aromatic carbocycles. The first-order valence-corrected chi connectivity index (χ1v) is 9.56. The van der Waals surface area contributed by atoms with E-state index < -0.39 is 11.6 Å². The van der Waals surface area contributed by atoms with Gasteiger partial charge in [0.05, 0.1) is 13.2 Å². The fourth-order valence-corrected chi connectivity index (χ4v) is 3.37. The second-order valence-corrected chi connectivity index (χ2v) is 7.16. The third kappa shape index (κ3) is 4.35. The molecule has 1 heterocycles. The second kappa shape index (κ2) is 8.65. The fourth-order valence-electron chi connectivity index (χ4n) is 3.37. The van der Waals surface area contributed by atoms with E-state index in [2.05, 4.69) is 0 Å². The van der Waals surface area contributed by atoms with E-state index >= 15 is 0 Å². The van der Waals surface area contributed by atoms with Crippen LogP contribution in [-0.4, -0.2) is 30.9 Å². The van der Waals surface area contributed by atoms with Gasteiger partial charge in [-0.1, -0.05) is 48.5 Å². The first kappa shape index (κ1) is 20.1. The zero-order valence-electron chi connectivity index (χ0n) is 16.2. The molecule has 6 heteroatoms. The van der Waals surface area contributed by atoms with E-state index in [-0.39, 0.29) is 12.4 Å². The van der Waals surface area contributed by atoms with Crippen molar-refractivity contribution in [1.82, 2.24) is 0 Å². The van der Waals surface area contributed by atoms with Crippen LogP contribution in [-0.2, 0) is 26.5 Å². The standard InChI is InChI=1S/C24H21FO5/c25-22-7-2-1-6-21(22)18-5-3-4-17(12-18)13-29-20-10-8-19(9-11-20)24(15-28-16-24)30-14-23(26)27/h1-12H,13-16H2,(H,26,27). The van der Waals surface area contributed by atoms with Crippen LogP contribution in [0.4, 0.5) is 4.39 Å². The van der Waals surface area contributed by atoms with Gasteiger partial charge in [0.1, 0.15) is 30.4 Å². The molecule has 1 aliphatic heterocycles. The average Bonchev–Trinajstić information content (AvgIpc) is 2.73. The third-order valence-electron chi connectivity index (χ3n) is 5.04. The second-order valence-electron chi connectivity index (χ2n) is 7.16. The molecule has 1 N–H and O–H groups in total. The molecule has 3 aromatic rings. The van der Waals surface area contributed by atoms with Crippen LogP contribution < -0.4 is 4.74 Å². The normalized spacial score (nSPS) is 14.7. The Hall–Kier alpha value is -3.22. The van der Waals surface area contributed by atoms with Crippen molar-refractivity contribution in [2.45, 2.75) is 12.2 Å². The van der Waals surface area contributed by atoms with Crippen molar-refractivity contribution in [2.75, 3.05) is 19.8 Å². The predicted molar refractivity (Wildman–Crippen MR) is 109 cm³/mol. The Morgan fingerprint density at radius 3 is 2.47 bits per heavy atom. The van der Waals surface area contributed by atoms with Crippen molar-refractivity contribution >= 4 is 5.97 Å². The van der Waals surface area contributed by atoms with E-state index in [0.717, 1.165) is 16.7 Å².